The van der Waals surface area contributed by atoms with Gasteiger partial charge in [-0.3, -0.25) is 0 Å². The van der Waals surface area contributed by atoms with Gasteiger partial charge < -0.3 is 4.74 Å². The van der Waals surface area contributed by atoms with E-state index in [4.69, 9.17) is 17.0 Å². The highest BCUT2D eigenvalue weighted by Gasteiger charge is 2.01. The number of ether oxygens (including phenoxy) is 1. The maximum atomic E-state index is 5.51. The molecule has 0 bridgehead atoms. The van der Waals surface area contributed by atoms with Crippen molar-refractivity contribution in [3.63, 3.8) is 0 Å². The van der Waals surface area contributed by atoms with Crippen molar-refractivity contribution >= 4 is 28.6 Å². The Morgan fingerprint density at radius 1 is 1.13 bits per heavy atom. The van der Waals surface area contributed by atoms with Crippen molar-refractivity contribution < 1.29 is 4.74 Å². The molecule has 0 amide bonds. The Balaban J connectivity index is 1.94. The van der Waals surface area contributed by atoms with Gasteiger partial charge in [0.1, 0.15) is 6.61 Å². The zero-order chi connectivity index (χ0) is 10.5. The van der Waals surface area contributed by atoms with Crippen molar-refractivity contribution in [3.8, 4) is 0 Å². The molecule has 0 radical (unpaired) electrons. The van der Waals surface area contributed by atoms with E-state index in [1.165, 1.54) is 4.88 Å². The van der Waals surface area contributed by atoms with Gasteiger partial charge in [-0.25, -0.2) is 0 Å². The monoisotopic (exact) mass is 234 g/mol. The van der Waals surface area contributed by atoms with Gasteiger partial charge in [-0.2, -0.15) is 0 Å². The number of thiophene rings is 1. The lowest BCUT2D eigenvalue weighted by Gasteiger charge is -2.05. The van der Waals surface area contributed by atoms with Crippen LogP contribution in [0, 0.1) is 0 Å². The van der Waals surface area contributed by atoms with Gasteiger partial charge in [-0.15, -0.1) is 11.3 Å². The molecule has 0 spiro atoms. The minimum atomic E-state index is 0.559. The molecule has 1 aromatic heterocycles. The molecule has 0 fully saturated rings. The minimum Gasteiger partial charge on any atom is -0.477 e. The Morgan fingerprint density at radius 3 is 2.60 bits per heavy atom. The Morgan fingerprint density at radius 2 is 1.93 bits per heavy atom. The number of thiocarbonyl (C=S) groups is 1. The summed E-state index contributed by atoms with van der Waals surface area (Å²) < 4.78 is 5.51. The maximum Gasteiger partial charge on any atom is 0.191 e. The second kappa shape index (κ2) is 5.05. The normalized spacial score (nSPS) is 9.87. The SMILES string of the molecule is S=C(OCc1cccs1)c1ccccc1. The van der Waals surface area contributed by atoms with Gasteiger partial charge in [-0.05, 0) is 23.7 Å². The molecule has 2 rings (SSSR count). The van der Waals surface area contributed by atoms with Crippen molar-refractivity contribution in [3.05, 3.63) is 58.3 Å². The van der Waals surface area contributed by atoms with Gasteiger partial charge >= 0.3 is 0 Å². The van der Waals surface area contributed by atoms with E-state index in [0.29, 0.717) is 11.7 Å². The molecule has 0 atom stereocenters. The summed E-state index contributed by atoms with van der Waals surface area (Å²) in [5, 5.41) is 2.59. The van der Waals surface area contributed by atoms with Crippen LogP contribution in [0.3, 0.4) is 0 Å². The predicted molar refractivity (Wildman–Crippen MR) is 67.3 cm³/mol. The Hall–Kier alpha value is -1.19. The summed E-state index contributed by atoms with van der Waals surface area (Å²) >= 11 is 6.85. The third kappa shape index (κ3) is 2.88. The molecule has 1 aromatic carbocycles. The van der Waals surface area contributed by atoms with E-state index in [-0.39, 0.29) is 0 Å². The Bertz CT molecular complexity index is 420. The number of hydrogen-bond donors (Lipinski definition) is 0. The molecule has 3 heteroatoms. The van der Waals surface area contributed by atoms with Gasteiger partial charge in [0.25, 0.3) is 0 Å². The second-order valence-corrected chi connectivity index (χ2v) is 4.42. The number of benzene rings is 1. The van der Waals surface area contributed by atoms with Crippen LogP contribution in [-0.2, 0) is 11.3 Å². The van der Waals surface area contributed by atoms with Gasteiger partial charge in [0.05, 0.1) is 0 Å². The van der Waals surface area contributed by atoms with E-state index in [9.17, 15) is 0 Å². The highest BCUT2D eigenvalue weighted by Crippen LogP contribution is 2.11. The van der Waals surface area contributed by atoms with Crippen molar-refractivity contribution in [1.29, 1.82) is 0 Å². The molecule has 15 heavy (non-hydrogen) atoms. The topological polar surface area (TPSA) is 9.23 Å². The average Bonchev–Trinajstić information content (AvgIpc) is 2.80. The average molecular weight is 234 g/mol. The highest BCUT2D eigenvalue weighted by atomic mass is 32.1. The van der Waals surface area contributed by atoms with Crippen molar-refractivity contribution in [2.24, 2.45) is 0 Å². The van der Waals surface area contributed by atoms with Gasteiger partial charge in [0.15, 0.2) is 5.05 Å². The summed E-state index contributed by atoms with van der Waals surface area (Å²) in [4.78, 5) is 1.19. The lowest BCUT2D eigenvalue weighted by molar-refractivity contribution is 0.306. The molecule has 0 aliphatic carbocycles. The molecule has 0 unspecified atom stereocenters. The van der Waals surface area contributed by atoms with Gasteiger partial charge in [0, 0.05) is 10.4 Å². The molecule has 2 aromatic rings. The molecular formula is C12H10OS2. The fourth-order valence-corrected chi connectivity index (χ4v) is 2.00. The van der Waals surface area contributed by atoms with Crippen LogP contribution in [0.15, 0.2) is 47.8 Å². The number of hydrogen-bond acceptors (Lipinski definition) is 3. The van der Waals surface area contributed by atoms with E-state index >= 15 is 0 Å². The summed E-state index contributed by atoms with van der Waals surface area (Å²) in [6.45, 7) is 0.561. The molecule has 0 aliphatic heterocycles. The van der Waals surface area contributed by atoms with Crippen LogP contribution in [-0.4, -0.2) is 5.05 Å². The molecular weight excluding hydrogens is 224 g/mol. The highest BCUT2D eigenvalue weighted by molar-refractivity contribution is 7.80. The zero-order valence-electron chi connectivity index (χ0n) is 8.05. The van der Waals surface area contributed by atoms with E-state index in [2.05, 4.69) is 0 Å². The fraction of sp³-hybridized carbons (Fsp3) is 0.0833. The minimum absolute atomic E-state index is 0.559. The van der Waals surface area contributed by atoms with Crippen LogP contribution in [0.25, 0.3) is 0 Å². The van der Waals surface area contributed by atoms with Crippen molar-refractivity contribution in [1.82, 2.24) is 0 Å². The summed E-state index contributed by atoms with van der Waals surface area (Å²) in [7, 11) is 0. The van der Waals surface area contributed by atoms with Crippen molar-refractivity contribution in [2.75, 3.05) is 0 Å². The summed E-state index contributed by atoms with van der Waals surface area (Å²) in [6, 6.07) is 13.8. The molecule has 1 heterocycles. The standard InChI is InChI=1S/C12H10OS2/c14-12(10-5-2-1-3-6-10)13-9-11-7-4-8-15-11/h1-8H,9H2. The first-order valence-corrected chi connectivity index (χ1v) is 5.89. The molecule has 76 valence electrons. The Kier molecular flexibility index (Phi) is 3.48. The molecule has 0 saturated heterocycles. The van der Waals surface area contributed by atoms with Crippen LogP contribution in [0.5, 0.6) is 0 Å². The summed E-state index contributed by atoms with van der Waals surface area (Å²) in [5.74, 6) is 0. The van der Waals surface area contributed by atoms with E-state index in [0.717, 1.165) is 5.56 Å². The first kappa shape index (κ1) is 10.3. The van der Waals surface area contributed by atoms with Crippen LogP contribution in [0.4, 0.5) is 0 Å². The molecule has 0 saturated carbocycles. The quantitative estimate of drug-likeness (QED) is 0.750. The zero-order valence-corrected chi connectivity index (χ0v) is 9.68. The molecule has 0 N–H and O–H groups in total. The number of rotatable bonds is 3. The molecule has 0 aliphatic rings. The summed E-state index contributed by atoms with van der Waals surface area (Å²) in [6.07, 6.45) is 0. The van der Waals surface area contributed by atoms with E-state index in [1.54, 1.807) is 11.3 Å². The predicted octanol–water partition coefficient (Wildman–Crippen LogP) is 3.64. The van der Waals surface area contributed by atoms with Crippen LogP contribution >= 0.6 is 23.6 Å². The van der Waals surface area contributed by atoms with Crippen molar-refractivity contribution in [2.45, 2.75) is 6.61 Å². The van der Waals surface area contributed by atoms with Crippen LogP contribution in [0.2, 0.25) is 0 Å². The Labute approximate surface area is 98.3 Å². The third-order valence-electron chi connectivity index (χ3n) is 1.94. The lowest BCUT2D eigenvalue weighted by atomic mass is 10.2. The lowest BCUT2D eigenvalue weighted by Crippen LogP contribution is -2.02. The fourth-order valence-electron chi connectivity index (χ4n) is 1.19. The van der Waals surface area contributed by atoms with E-state index < -0.39 is 0 Å². The summed E-state index contributed by atoms with van der Waals surface area (Å²) in [5.41, 5.74) is 0.962. The first-order valence-electron chi connectivity index (χ1n) is 4.61. The van der Waals surface area contributed by atoms with E-state index in [1.807, 2.05) is 47.8 Å². The van der Waals surface area contributed by atoms with Crippen LogP contribution in [0.1, 0.15) is 10.4 Å². The van der Waals surface area contributed by atoms with Gasteiger partial charge in [0.2, 0.25) is 0 Å². The second-order valence-electron chi connectivity index (χ2n) is 3.02. The third-order valence-corrected chi connectivity index (χ3v) is 3.14. The van der Waals surface area contributed by atoms with Crippen LogP contribution < -0.4 is 0 Å². The first-order chi connectivity index (χ1) is 7.36. The molecule has 1 nitrogen and oxygen atoms in total. The largest absolute Gasteiger partial charge is 0.477 e. The smallest absolute Gasteiger partial charge is 0.191 e. The van der Waals surface area contributed by atoms with Gasteiger partial charge in [-0.1, -0.05) is 36.4 Å². The maximum absolute atomic E-state index is 5.51.